The van der Waals surface area contributed by atoms with Gasteiger partial charge in [-0.1, -0.05) is 0 Å². The summed E-state index contributed by atoms with van der Waals surface area (Å²) >= 11 is 0. The molecule has 1 aliphatic heterocycles. The molecule has 1 aromatic rings. The van der Waals surface area contributed by atoms with Crippen molar-refractivity contribution in [2.75, 3.05) is 27.4 Å². The minimum Gasteiger partial charge on any atom is -0.492 e. The molecule has 110 valence electrons. The Labute approximate surface area is 119 Å². The Morgan fingerprint density at radius 1 is 1.15 bits per heavy atom. The van der Waals surface area contributed by atoms with Crippen molar-refractivity contribution in [2.45, 2.75) is 24.9 Å². The van der Waals surface area contributed by atoms with Crippen LogP contribution in [0.2, 0.25) is 0 Å². The summed E-state index contributed by atoms with van der Waals surface area (Å²) in [6.45, 7) is 1.36. The van der Waals surface area contributed by atoms with Crippen LogP contribution in [0.5, 0.6) is 5.75 Å². The van der Waals surface area contributed by atoms with E-state index in [0.717, 1.165) is 25.2 Å². The molecule has 2 unspecified atom stereocenters. The first-order chi connectivity index (χ1) is 9.72. The molecule has 0 spiro atoms. The molecule has 1 heterocycles. The smallest absolute Gasteiger partial charge is 0.337 e. The van der Waals surface area contributed by atoms with Crippen LogP contribution in [-0.4, -0.2) is 45.5 Å². The van der Waals surface area contributed by atoms with Crippen molar-refractivity contribution in [3.05, 3.63) is 29.8 Å². The minimum atomic E-state index is -0.337. The zero-order chi connectivity index (χ0) is 14.4. The maximum Gasteiger partial charge on any atom is 0.337 e. The first-order valence-electron chi connectivity index (χ1n) is 6.79. The SMILES string of the molecule is COCC1CCC(COc2ccc(C(=O)OC)cc2)N1. The minimum absolute atomic E-state index is 0.337. The Morgan fingerprint density at radius 2 is 1.80 bits per heavy atom. The zero-order valence-electron chi connectivity index (χ0n) is 11.9. The van der Waals surface area contributed by atoms with Crippen LogP contribution in [0.3, 0.4) is 0 Å². The van der Waals surface area contributed by atoms with Crippen LogP contribution in [0.25, 0.3) is 0 Å². The van der Waals surface area contributed by atoms with E-state index in [9.17, 15) is 4.79 Å². The molecule has 0 bridgehead atoms. The molecule has 1 aromatic carbocycles. The predicted molar refractivity (Wildman–Crippen MR) is 75.1 cm³/mol. The molecule has 2 atom stereocenters. The molecule has 1 N–H and O–H groups in total. The second kappa shape index (κ2) is 7.26. The average Bonchev–Trinajstić information content (AvgIpc) is 2.93. The predicted octanol–water partition coefficient (Wildman–Crippen LogP) is 1.62. The summed E-state index contributed by atoms with van der Waals surface area (Å²) in [4.78, 5) is 11.3. The Hall–Kier alpha value is -1.59. The number of carbonyl (C=O) groups excluding carboxylic acids is 1. The normalized spacial score (nSPS) is 21.7. The number of ether oxygens (including phenoxy) is 3. The fourth-order valence-electron chi connectivity index (χ4n) is 2.37. The molecule has 0 saturated carbocycles. The summed E-state index contributed by atoms with van der Waals surface area (Å²) in [7, 11) is 3.09. The van der Waals surface area contributed by atoms with Gasteiger partial charge in [-0.15, -0.1) is 0 Å². The molecule has 0 radical (unpaired) electrons. The summed E-state index contributed by atoms with van der Waals surface area (Å²) in [5.74, 6) is 0.422. The fourth-order valence-corrected chi connectivity index (χ4v) is 2.37. The van der Waals surface area contributed by atoms with Crippen molar-refractivity contribution in [3.63, 3.8) is 0 Å². The van der Waals surface area contributed by atoms with Crippen LogP contribution < -0.4 is 10.1 Å². The maximum atomic E-state index is 11.3. The molecule has 20 heavy (non-hydrogen) atoms. The third-order valence-corrected chi connectivity index (χ3v) is 3.43. The summed E-state index contributed by atoms with van der Waals surface area (Å²) in [6.07, 6.45) is 2.21. The van der Waals surface area contributed by atoms with Crippen molar-refractivity contribution in [2.24, 2.45) is 0 Å². The van der Waals surface area contributed by atoms with E-state index in [2.05, 4.69) is 10.1 Å². The fraction of sp³-hybridized carbons (Fsp3) is 0.533. The number of rotatable bonds is 6. The highest BCUT2D eigenvalue weighted by Gasteiger charge is 2.23. The van der Waals surface area contributed by atoms with E-state index < -0.39 is 0 Å². The van der Waals surface area contributed by atoms with E-state index in [1.165, 1.54) is 7.11 Å². The van der Waals surface area contributed by atoms with Crippen molar-refractivity contribution >= 4 is 5.97 Å². The van der Waals surface area contributed by atoms with Gasteiger partial charge in [0.05, 0.1) is 19.3 Å². The van der Waals surface area contributed by atoms with E-state index in [0.29, 0.717) is 24.3 Å². The summed E-state index contributed by atoms with van der Waals surface area (Å²) in [5.41, 5.74) is 0.527. The highest BCUT2D eigenvalue weighted by molar-refractivity contribution is 5.89. The van der Waals surface area contributed by atoms with Gasteiger partial charge in [0, 0.05) is 19.2 Å². The maximum absolute atomic E-state index is 11.3. The van der Waals surface area contributed by atoms with Gasteiger partial charge in [0.1, 0.15) is 12.4 Å². The van der Waals surface area contributed by atoms with Crippen molar-refractivity contribution < 1.29 is 19.0 Å². The van der Waals surface area contributed by atoms with Gasteiger partial charge in [0.25, 0.3) is 0 Å². The molecular weight excluding hydrogens is 258 g/mol. The second-order valence-electron chi connectivity index (χ2n) is 4.92. The molecule has 1 saturated heterocycles. The largest absolute Gasteiger partial charge is 0.492 e. The third kappa shape index (κ3) is 3.95. The molecule has 0 aliphatic carbocycles. The van der Waals surface area contributed by atoms with Gasteiger partial charge in [-0.25, -0.2) is 4.79 Å². The van der Waals surface area contributed by atoms with E-state index in [1.54, 1.807) is 31.4 Å². The first kappa shape index (κ1) is 14.8. The molecule has 2 rings (SSSR count). The quantitative estimate of drug-likeness (QED) is 0.802. The Bertz CT molecular complexity index is 432. The Morgan fingerprint density at radius 3 is 2.40 bits per heavy atom. The van der Waals surface area contributed by atoms with Crippen LogP contribution in [-0.2, 0) is 9.47 Å². The van der Waals surface area contributed by atoms with E-state index in [4.69, 9.17) is 9.47 Å². The number of hydrogen-bond acceptors (Lipinski definition) is 5. The summed E-state index contributed by atoms with van der Waals surface area (Å²) < 4.78 is 15.5. The molecule has 5 heteroatoms. The lowest BCUT2D eigenvalue weighted by molar-refractivity contribution is 0.0600. The van der Waals surface area contributed by atoms with Gasteiger partial charge in [0.15, 0.2) is 0 Å². The zero-order valence-corrected chi connectivity index (χ0v) is 11.9. The van der Waals surface area contributed by atoms with Gasteiger partial charge in [0.2, 0.25) is 0 Å². The van der Waals surface area contributed by atoms with Gasteiger partial charge in [-0.05, 0) is 37.1 Å². The van der Waals surface area contributed by atoms with Gasteiger partial charge in [-0.3, -0.25) is 0 Å². The lowest BCUT2D eigenvalue weighted by Crippen LogP contribution is -2.35. The molecular formula is C15H21NO4. The lowest BCUT2D eigenvalue weighted by atomic mass is 10.2. The van der Waals surface area contributed by atoms with Crippen LogP contribution in [0.4, 0.5) is 0 Å². The van der Waals surface area contributed by atoms with E-state index >= 15 is 0 Å². The summed E-state index contributed by atoms with van der Waals surface area (Å²) in [5, 5.41) is 3.48. The molecule has 0 aromatic heterocycles. The monoisotopic (exact) mass is 279 g/mol. The van der Waals surface area contributed by atoms with Gasteiger partial charge in [-0.2, -0.15) is 0 Å². The summed E-state index contributed by atoms with van der Waals surface area (Å²) in [6, 6.07) is 7.76. The van der Waals surface area contributed by atoms with Crippen LogP contribution in [0.1, 0.15) is 23.2 Å². The number of methoxy groups -OCH3 is 2. The molecule has 0 amide bonds. The average molecular weight is 279 g/mol. The Kier molecular flexibility index (Phi) is 5.38. The Balaban J connectivity index is 1.78. The first-order valence-corrected chi connectivity index (χ1v) is 6.79. The van der Waals surface area contributed by atoms with Crippen LogP contribution >= 0.6 is 0 Å². The highest BCUT2D eigenvalue weighted by Crippen LogP contribution is 2.16. The molecule has 1 fully saturated rings. The third-order valence-electron chi connectivity index (χ3n) is 3.43. The molecule has 5 nitrogen and oxygen atoms in total. The van der Waals surface area contributed by atoms with Crippen LogP contribution in [0, 0.1) is 0 Å². The number of esters is 1. The number of carbonyl (C=O) groups is 1. The van der Waals surface area contributed by atoms with Gasteiger partial charge < -0.3 is 19.5 Å². The van der Waals surface area contributed by atoms with E-state index in [-0.39, 0.29) is 5.97 Å². The number of nitrogens with one attached hydrogen (secondary N) is 1. The standard InChI is InChI=1S/C15H21NO4/c1-18-9-12-5-6-13(16-12)10-20-14-7-3-11(4-8-14)15(17)19-2/h3-4,7-8,12-13,16H,5-6,9-10H2,1-2H3. The number of hydrogen-bond donors (Lipinski definition) is 1. The lowest BCUT2D eigenvalue weighted by Gasteiger charge is -2.14. The van der Waals surface area contributed by atoms with Crippen LogP contribution in [0.15, 0.2) is 24.3 Å². The van der Waals surface area contributed by atoms with E-state index in [1.807, 2.05) is 0 Å². The molecule has 1 aliphatic rings. The van der Waals surface area contributed by atoms with Crippen molar-refractivity contribution in [1.82, 2.24) is 5.32 Å². The number of benzene rings is 1. The topological polar surface area (TPSA) is 56.8 Å². The van der Waals surface area contributed by atoms with Crippen molar-refractivity contribution in [3.8, 4) is 5.75 Å². The van der Waals surface area contributed by atoms with Gasteiger partial charge >= 0.3 is 5.97 Å². The highest BCUT2D eigenvalue weighted by atomic mass is 16.5. The second-order valence-corrected chi connectivity index (χ2v) is 4.92. The van der Waals surface area contributed by atoms with Crippen molar-refractivity contribution in [1.29, 1.82) is 0 Å².